The molecular weight excluding hydrogens is 242 g/mol. The largest absolute Gasteiger partial charge is 0.237 e. The number of hydrogen-bond donors (Lipinski definition) is 0. The van der Waals surface area contributed by atoms with Crippen LogP contribution in [-0.2, 0) is 17.5 Å². The highest BCUT2D eigenvalue weighted by molar-refractivity contribution is 7.82. The molecule has 2 rings (SSSR count). The summed E-state index contributed by atoms with van der Waals surface area (Å²) < 4.78 is 14.2. The first-order valence-electron chi connectivity index (χ1n) is 5.90. The molecule has 0 N–H and O–H groups in total. The van der Waals surface area contributed by atoms with Crippen molar-refractivity contribution in [1.82, 2.24) is 4.31 Å². The van der Waals surface area contributed by atoms with Crippen LogP contribution in [0.3, 0.4) is 0 Å². The second kappa shape index (κ2) is 5.94. The molecule has 0 spiro atoms. The molecule has 0 amide bonds. The monoisotopic (exact) mass is 259 g/mol. The van der Waals surface area contributed by atoms with Gasteiger partial charge in [-0.05, 0) is 30.2 Å². The lowest BCUT2D eigenvalue weighted by atomic mass is 10.2. The highest BCUT2D eigenvalue weighted by Gasteiger charge is 2.10. The number of rotatable bonds is 4. The van der Waals surface area contributed by atoms with Crippen molar-refractivity contribution in [3.8, 4) is 0 Å². The normalized spacial score (nSPS) is 12.6. The number of aryl methyl sites for hydroxylation is 1. The molecule has 0 bridgehead atoms. The van der Waals surface area contributed by atoms with Gasteiger partial charge in [-0.25, -0.2) is 8.51 Å². The first kappa shape index (κ1) is 13.0. The van der Waals surface area contributed by atoms with Crippen LogP contribution in [0.15, 0.2) is 59.5 Å². The SMILES string of the molecule is Cc1cccc(S(=O)N(C)Cc2ccccc2)c1. The van der Waals surface area contributed by atoms with E-state index < -0.39 is 11.0 Å². The van der Waals surface area contributed by atoms with Crippen molar-refractivity contribution in [3.05, 3.63) is 65.7 Å². The molecule has 0 aromatic heterocycles. The summed E-state index contributed by atoms with van der Waals surface area (Å²) in [6.07, 6.45) is 0. The summed E-state index contributed by atoms with van der Waals surface area (Å²) >= 11 is 0. The molecule has 0 aliphatic heterocycles. The van der Waals surface area contributed by atoms with Gasteiger partial charge in [0.2, 0.25) is 0 Å². The van der Waals surface area contributed by atoms with Crippen LogP contribution in [0, 0.1) is 6.92 Å². The summed E-state index contributed by atoms with van der Waals surface area (Å²) in [6, 6.07) is 17.9. The highest BCUT2D eigenvalue weighted by atomic mass is 32.2. The standard InChI is InChI=1S/C15H17NOS/c1-13-7-6-10-15(11-13)18(17)16(2)12-14-8-4-3-5-9-14/h3-11H,12H2,1-2H3. The molecule has 94 valence electrons. The quantitative estimate of drug-likeness (QED) is 0.826. The third kappa shape index (κ3) is 3.28. The van der Waals surface area contributed by atoms with Crippen LogP contribution >= 0.6 is 0 Å². The molecule has 2 aromatic carbocycles. The van der Waals surface area contributed by atoms with Gasteiger partial charge in [-0.1, -0.05) is 42.5 Å². The van der Waals surface area contributed by atoms with Crippen LogP contribution in [0.2, 0.25) is 0 Å². The van der Waals surface area contributed by atoms with Crippen molar-refractivity contribution in [2.24, 2.45) is 0 Å². The van der Waals surface area contributed by atoms with E-state index in [1.807, 2.05) is 72.9 Å². The van der Waals surface area contributed by atoms with E-state index >= 15 is 0 Å². The van der Waals surface area contributed by atoms with Gasteiger partial charge >= 0.3 is 0 Å². The Bertz CT molecular complexity index is 539. The zero-order chi connectivity index (χ0) is 13.0. The average Bonchev–Trinajstić information content (AvgIpc) is 2.39. The zero-order valence-corrected chi connectivity index (χ0v) is 11.5. The predicted molar refractivity (Wildman–Crippen MR) is 75.5 cm³/mol. The second-order valence-corrected chi connectivity index (χ2v) is 5.93. The van der Waals surface area contributed by atoms with Crippen molar-refractivity contribution < 1.29 is 4.21 Å². The molecule has 2 aromatic rings. The summed E-state index contributed by atoms with van der Waals surface area (Å²) in [4.78, 5) is 0.855. The molecule has 0 aliphatic rings. The fourth-order valence-corrected chi connectivity index (χ4v) is 2.91. The van der Waals surface area contributed by atoms with Crippen LogP contribution in [0.1, 0.15) is 11.1 Å². The molecule has 1 atom stereocenters. The van der Waals surface area contributed by atoms with Gasteiger partial charge in [0, 0.05) is 13.6 Å². The number of benzene rings is 2. The van der Waals surface area contributed by atoms with Gasteiger partial charge in [0.15, 0.2) is 0 Å². The minimum atomic E-state index is -1.11. The van der Waals surface area contributed by atoms with Gasteiger partial charge < -0.3 is 0 Å². The van der Waals surface area contributed by atoms with E-state index in [-0.39, 0.29) is 0 Å². The Kier molecular flexibility index (Phi) is 4.28. The van der Waals surface area contributed by atoms with E-state index in [0.717, 1.165) is 10.5 Å². The molecule has 0 heterocycles. The number of hydrogen-bond acceptors (Lipinski definition) is 1. The summed E-state index contributed by atoms with van der Waals surface area (Å²) in [5, 5.41) is 0. The Morgan fingerprint density at radius 3 is 2.44 bits per heavy atom. The average molecular weight is 259 g/mol. The van der Waals surface area contributed by atoms with Crippen molar-refractivity contribution >= 4 is 11.0 Å². The molecule has 0 radical (unpaired) electrons. The molecule has 0 saturated heterocycles. The van der Waals surface area contributed by atoms with Crippen LogP contribution in [0.5, 0.6) is 0 Å². The van der Waals surface area contributed by atoms with Gasteiger partial charge in [-0.2, -0.15) is 0 Å². The van der Waals surface area contributed by atoms with Crippen molar-refractivity contribution in [1.29, 1.82) is 0 Å². The van der Waals surface area contributed by atoms with E-state index in [9.17, 15) is 4.21 Å². The number of nitrogens with zero attached hydrogens (tertiary/aromatic N) is 1. The molecular formula is C15H17NOS. The second-order valence-electron chi connectivity index (χ2n) is 4.34. The molecule has 3 heteroatoms. The molecule has 2 nitrogen and oxygen atoms in total. The first-order chi connectivity index (χ1) is 8.66. The summed E-state index contributed by atoms with van der Waals surface area (Å²) in [6.45, 7) is 2.69. The third-order valence-electron chi connectivity index (χ3n) is 2.72. The molecule has 0 fully saturated rings. The molecule has 18 heavy (non-hydrogen) atoms. The Balaban J connectivity index is 2.10. The van der Waals surface area contributed by atoms with Gasteiger partial charge in [0.05, 0.1) is 4.90 Å². The Hall–Kier alpha value is -1.45. The Morgan fingerprint density at radius 2 is 1.78 bits per heavy atom. The van der Waals surface area contributed by atoms with Crippen LogP contribution in [0.25, 0.3) is 0 Å². The topological polar surface area (TPSA) is 20.3 Å². The van der Waals surface area contributed by atoms with Gasteiger partial charge in [-0.15, -0.1) is 0 Å². The fraction of sp³-hybridized carbons (Fsp3) is 0.200. The third-order valence-corrected chi connectivity index (χ3v) is 4.07. The lowest BCUT2D eigenvalue weighted by molar-refractivity contribution is 0.520. The lowest BCUT2D eigenvalue weighted by Crippen LogP contribution is -2.20. The maximum Gasteiger partial charge on any atom is 0.127 e. The Labute approximate surface area is 111 Å². The molecule has 0 aliphatic carbocycles. The first-order valence-corrected chi connectivity index (χ1v) is 7.01. The van der Waals surface area contributed by atoms with E-state index in [1.165, 1.54) is 5.56 Å². The summed E-state index contributed by atoms with van der Waals surface area (Å²) in [5.74, 6) is 0. The fourth-order valence-electron chi connectivity index (χ4n) is 1.80. The van der Waals surface area contributed by atoms with E-state index in [0.29, 0.717) is 6.54 Å². The highest BCUT2D eigenvalue weighted by Crippen LogP contribution is 2.13. The van der Waals surface area contributed by atoms with Gasteiger partial charge in [0.25, 0.3) is 0 Å². The van der Waals surface area contributed by atoms with Crippen LogP contribution < -0.4 is 0 Å². The maximum absolute atomic E-state index is 12.3. The lowest BCUT2D eigenvalue weighted by Gasteiger charge is -2.16. The summed E-state index contributed by atoms with van der Waals surface area (Å²) in [5.41, 5.74) is 2.30. The van der Waals surface area contributed by atoms with Gasteiger partial charge in [0.1, 0.15) is 11.0 Å². The van der Waals surface area contributed by atoms with Gasteiger partial charge in [-0.3, -0.25) is 0 Å². The predicted octanol–water partition coefficient (Wildman–Crippen LogP) is 3.15. The zero-order valence-electron chi connectivity index (χ0n) is 10.7. The smallest absolute Gasteiger partial charge is 0.127 e. The van der Waals surface area contributed by atoms with Crippen molar-refractivity contribution in [2.45, 2.75) is 18.4 Å². The van der Waals surface area contributed by atoms with E-state index in [2.05, 4.69) is 0 Å². The minimum Gasteiger partial charge on any atom is -0.237 e. The maximum atomic E-state index is 12.3. The van der Waals surface area contributed by atoms with Crippen LogP contribution in [-0.4, -0.2) is 15.6 Å². The summed E-state index contributed by atoms with van der Waals surface area (Å²) in [7, 11) is 0.775. The van der Waals surface area contributed by atoms with E-state index in [1.54, 1.807) is 0 Å². The van der Waals surface area contributed by atoms with Crippen molar-refractivity contribution in [2.75, 3.05) is 7.05 Å². The van der Waals surface area contributed by atoms with E-state index in [4.69, 9.17) is 0 Å². The molecule has 1 unspecified atom stereocenters. The van der Waals surface area contributed by atoms with Crippen LogP contribution in [0.4, 0.5) is 0 Å². The minimum absolute atomic E-state index is 0.682. The molecule has 0 saturated carbocycles. The van der Waals surface area contributed by atoms with Crippen molar-refractivity contribution in [3.63, 3.8) is 0 Å². The Morgan fingerprint density at radius 1 is 1.06 bits per heavy atom.